The summed E-state index contributed by atoms with van der Waals surface area (Å²) in [5, 5.41) is 22.6. The molecule has 164 valence electrons. The summed E-state index contributed by atoms with van der Waals surface area (Å²) in [6.45, 7) is 4.69. The minimum atomic E-state index is -1.26. The summed E-state index contributed by atoms with van der Waals surface area (Å²) < 4.78 is 7.84. The van der Waals surface area contributed by atoms with E-state index >= 15 is 0 Å². The average molecular weight is 427 g/mol. The largest absolute Gasteiger partial charge is 0.478 e. The second-order valence-electron chi connectivity index (χ2n) is 7.06. The van der Waals surface area contributed by atoms with Crippen molar-refractivity contribution in [1.29, 1.82) is 0 Å². The second-order valence-corrected chi connectivity index (χ2v) is 7.06. The number of pyridine rings is 1. The highest BCUT2D eigenvalue weighted by Gasteiger charge is 2.18. The maximum absolute atomic E-state index is 9.55. The molecule has 0 unspecified atom stereocenters. The minimum absolute atomic E-state index is 0.449. The van der Waals surface area contributed by atoms with Crippen LogP contribution in [0.1, 0.15) is 24.4 Å². The first kappa shape index (κ1) is 22.0. The number of fused-ring (bicyclic) bond motifs is 1. The number of aliphatic carboxylic acids is 2. The quantitative estimate of drug-likeness (QED) is 0.436. The number of hydrogen-bond donors (Lipinski definition) is 4. The molecule has 1 aliphatic heterocycles. The van der Waals surface area contributed by atoms with Crippen molar-refractivity contribution in [2.24, 2.45) is 0 Å². The highest BCUT2D eigenvalue weighted by atomic mass is 16.4. The molecule has 0 radical (unpaired) electrons. The molecule has 4 rings (SSSR count). The van der Waals surface area contributed by atoms with Crippen LogP contribution in [0.25, 0.3) is 11.2 Å². The highest BCUT2D eigenvalue weighted by Crippen LogP contribution is 2.22. The van der Waals surface area contributed by atoms with E-state index in [9.17, 15) is 9.59 Å². The molecule has 31 heavy (non-hydrogen) atoms. The Morgan fingerprint density at radius 1 is 1.23 bits per heavy atom. The Morgan fingerprint density at radius 3 is 2.55 bits per heavy atom. The Kier molecular flexibility index (Phi) is 7.39. The van der Waals surface area contributed by atoms with Gasteiger partial charge in [-0.3, -0.25) is 4.57 Å². The van der Waals surface area contributed by atoms with Crippen LogP contribution in [0.3, 0.4) is 0 Å². The molecule has 0 aliphatic carbocycles. The van der Waals surface area contributed by atoms with Gasteiger partial charge in [0, 0.05) is 24.4 Å². The van der Waals surface area contributed by atoms with Crippen molar-refractivity contribution in [2.45, 2.75) is 32.4 Å². The molecule has 0 aromatic carbocycles. The molecule has 3 aromatic rings. The van der Waals surface area contributed by atoms with Gasteiger partial charge in [-0.05, 0) is 57.1 Å². The van der Waals surface area contributed by atoms with Gasteiger partial charge in [0.05, 0.1) is 6.54 Å². The molecular weight excluding hydrogens is 402 g/mol. The number of hydrogen-bond acceptors (Lipinski definition) is 7. The van der Waals surface area contributed by atoms with Crippen LogP contribution in [-0.2, 0) is 16.1 Å². The Balaban J connectivity index is 0.000000293. The van der Waals surface area contributed by atoms with E-state index in [4.69, 9.17) is 19.6 Å². The van der Waals surface area contributed by atoms with Crippen molar-refractivity contribution in [3.05, 3.63) is 54.1 Å². The third-order valence-electron chi connectivity index (χ3n) is 4.65. The number of nitrogens with zero attached hydrogens (tertiary/aromatic N) is 3. The number of nitrogens with one attached hydrogen (secondary N) is 2. The highest BCUT2D eigenvalue weighted by molar-refractivity contribution is 5.89. The van der Waals surface area contributed by atoms with Crippen LogP contribution in [-0.4, -0.2) is 55.8 Å². The van der Waals surface area contributed by atoms with Gasteiger partial charge in [-0.2, -0.15) is 0 Å². The van der Waals surface area contributed by atoms with Crippen molar-refractivity contribution < 1.29 is 24.2 Å². The SMILES string of the molecule is Cc1ccc(Cn2c(NC3CCNCC3)nc3cccnc32)o1.O=C(O)/C=C\C(=O)O. The number of carboxylic acids is 2. The molecule has 0 spiro atoms. The molecule has 1 saturated heterocycles. The minimum Gasteiger partial charge on any atom is -0.478 e. The number of aromatic nitrogens is 3. The molecule has 0 saturated carbocycles. The summed E-state index contributed by atoms with van der Waals surface area (Å²) in [6.07, 6.45) is 5.14. The Labute approximate surface area is 178 Å². The zero-order valence-electron chi connectivity index (χ0n) is 17.1. The molecule has 4 N–H and O–H groups in total. The number of furan rings is 1. The van der Waals surface area contributed by atoms with Gasteiger partial charge in [0.1, 0.15) is 17.0 Å². The van der Waals surface area contributed by atoms with Crippen LogP contribution in [0, 0.1) is 6.92 Å². The van der Waals surface area contributed by atoms with Crippen molar-refractivity contribution in [3.8, 4) is 0 Å². The maximum Gasteiger partial charge on any atom is 0.328 e. The van der Waals surface area contributed by atoms with E-state index < -0.39 is 11.9 Å². The first-order valence-electron chi connectivity index (χ1n) is 9.90. The Bertz CT molecular complexity index is 1050. The van der Waals surface area contributed by atoms with Gasteiger partial charge in [0.15, 0.2) is 5.65 Å². The molecule has 10 heteroatoms. The second kappa shape index (κ2) is 10.4. The molecule has 10 nitrogen and oxygen atoms in total. The van der Waals surface area contributed by atoms with Gasteiger partial charge in [0.2, 0.25) is 5.95 Å². The monoisotopic (exact) mass is 427 g/mol. The number of carbonyl (C=O) groups is 2. The summed E-state index contributed by atoms with van der Waals surface area (Å²) in [4.78, 5) is 28.3. The van der Waals surface area contributed by atoms with E-state index in [1.54, 1.807) is 0 Å². The third kappa shape index (κ3) is 6.41. The molecule has 0 atom stereocenters. The fourth-order valence-electron chi connectivity index (χ4n) is 3.24. The number of anilines is 1. The Morgan fingerprint density at radius 2 is 1.94 bits per heavy atom. The molecule has 3 aromatic heterocycles. The van der Waals surface area contributed by atoms with E-state index in [0.29, 0.717) is 24.7 Å². The van der Waals surface area contributed by atoms with E-state index in [1.165, 1.54) is 0 Å². The van der Waals surface area contributed by atoms with Crippen molar-refractivity contribution in [2.75, 3.05) is 18.4 Å². The summed E-state index contributed by atoms with van der Waals surface area (Å²) in [7, 11) is 0. The standard InChI is InChI=1S/C17H21N5O.C4H4O4/c1-12-4-5-14(23-12)11-22-16-15(3-2-8-19-16)21-17(22)20-13-6-9-18-10-7-13;5-3(6)1-2-4(7)8/h2-5,8,13,18H,6-7,9-11H2,1H3,(H,20,21);1-2H,(H,5,6)(H,7,8)/b;2-1-. The number of imidazole rings is 1. The fraction of sp³-hybridized carbons (Fsp3) is 0.333. The Hall–Kier alpha value is -3.66. The summed E-state index contributed by atoms with van der Waals surface area (Å²) >= 11 is 0. The first-order chi connectivity index (χ1) is 14.9. The fourth-order valence-corrected chi connectivity index (χ4v) is 3.24. The lowest BCUT2D eigenvalue weighted by Crippen LogP contribution is -2.36. The molecule has 1 fully saturated rings. The van der Waals surface area contributed by atoms with Crippen molar-refractivity contribution in [3.63, 3.8) is 0 Å². The van der Waals surface area contributed by atoms with Crippen LogP contribution < -0.4 is 10.6 Å². The molecule has 0 bridgehead atoms. The number of rotatable bonds is 6. The van der Waals surface area contributed by atoms with E-state index in [1.807, 2.05) is 37.4 Å². The summed E-state index contributed by atoms with van der Waals surface area (Å²) in [5.74, 6) is 0.200. The van der Waals surface area contributed by atoms with E-state index in [-0.39, 0.29) is 0 Å². The van der Waals surface area contributed by atoms with Crippen molar-refractivity contribution >= 4 is 29.1 Å². The zero-order chi connectivity index (χ0) is 22.2. The van der Waals surface area contributed by atoms with Crippen LogP contribution in [0.15, 0.2) is 47.0 Å². The first-order valence-corrected chi connectivity index (χ1v) is 9.90. The molecule has 4 heterocycles. The lowest BCUT2D eigenvalue weighted by Gasteiger charge is -2.24. The number of carboxylic acid groups (broad SMARTS) is 2. The van der Waals surface area contributed by atoms with Crippen molar-refractivity contribution in [1.82, 2.24) is 19.9 Å². The average Bonchev–Trinajstić information content (AvgIpc) is 3.31. The zero-order valence-corrected chi connectivity index (χ0v) is 17.1. The number of piperidine rings is 1. The van der Waals surface area contributed by atoms with Crippen LogP contribution in [0.2, 0.25) is 0 Å². The van der Waals surface area contributed by atoms with Gasteiger partial charge in [0.25, 0.3) is 0 Å². The maximum atomic E-state index is 9.55. The van der Waals surface area contributed by atoms with Gasteiger partial charge in [-0.25, -0.2) is 19.6 Å². The van der Waals surface area contributed by atoms with E-state index in [0.717, 1.165) is 54.6 Å². The third-order valence-corrected chi connectivity index (χ3v) is 4.65. The number of aryl methyl sites for hydroxylation is 1. The summed E-state index contributed by atoms with van der Waals surface area (Å²) in [6, 6.07) is 8.37. The van der Waals surface area contributed by atoms with Gasteiger partial charge >= 0.3 is 11.9 Å². The van der Waals surface area contributed by atoms with Gasteiger partial charge in [-0.15, -0.1) is 0 Å². The smallest absolute Gasteiger partial charge is 0.328 e. The normalized spacial score (nSPS) is 14.4. The molecule has 1 aliphatic rings. The van der Waals surface area contributed by atoms with E-state index in [2.05, 4.69) is 20.2 Å². The van der Waals surface area contributed by atoms with Crippen LogP contribution in [0.4, 0.5) is 5.95 Å². The lowest BCUT2D eigenvalue weighted by molar-refractivity contribution is -0.134. The summed E-state index contributed by atoms with van der Waals surface area (Å²) in [5.41, 5.74) is 1.80. The van der Waals surface area contributed by atoms with Crippen LogP contribution in [0.5, 0.6) is 0 Å². The predicted molar refractivity (Wildman–Crippen MR) is 114 cm³/mol. The molecule has 0 amide bonds. The van der Waals surface area contributed by atoms with Crippen LogP contribution >= 0.6 is 0 Å². The predicted octanol–water partition coefficient (Wildman–Crippen LogP) is 2.26. The van der Waals surface area contributed by atoms with Gasteiger partial charge < -0.3 is 25.3 Å². The topological polar surface area (TPSA) is 143 Å². The van der Waals surface area contributed by atoms with Gasteiger partial charge in [-0.1, -0.05) is 0 Å². The molecular formula is C21H25N5O5. The lowest BCUT2D eigenvalue weighted by atomic mass is 10.1.